The molecule has 0 fully saturated rings. The van der Waals surface area contributed by atoms with Crippen molar-refractivity contribution < 1.29 is 9.50 Å². The van der Waals surface area contributed by atoms with Gasteiger partial charge in [0, 0.05) is 17.6 Å². The SMILES string of the molecule is OC(Cc1cc(F)ccc1Cl)c1ccncn1. The molecule has 0 aliphatic rings. The molecule has 88 valence electrons. The predicted molar refractivity (Wildman–Crippen MR) is 62.1 cm³/mol. The minimum Gasteiger partial charge on any atom is -0.386 e. The van der Waals surface area contributed by atoms with Crippen LogP contribution >= 0.6 is 11.6 Å². The summed E-state index contributed by atoms with van der Waals surface area (Å²) < 4.78 is 13.0. The maximum atomic E-state index is 13.0. The summed E-state index contributed by atoms with van der Waals surface area (Å²) in [5.41, 5.74) is 1.04. The third-order valence-electron chi connectivity index (χ3n) is 2.37. The fraction of sp³-hybridized carbons (Fsp3) is 0.167. The van der Waals surface area contributed by atoms with Crippen LogP contribution in [0.2, 0.25) is 5.02 Å². The van der Waals surface area contributed by atoms with Gasteiger partial charge in [0.05, 0.1) is 5.69 Å². The van der Waals surface area contributed by atoms with Gasteiger partial charge in [-0.3, -0.25) is 0 Å². The lowest BCUT2D eigenvalue weighted by Gasteiger charge is -2.10. The van der Waals surface area contributed by atoms with E-state index in [1.165, 1.54) is 24.5 Å². The van der Waals surface area contributed by atoms with E-state index in [0.29, 0.717) is 16.3 Å². The average Bonchev–Trinajstić information content (AvgIpc) is 2.35. The zero-order valence-corrected chi connectivity index (χ0v) is 9.60. The number of aliphatic hydroxyl groups excluding tert-OH is 1. The van der Waals surface area contributed by atoms with Crippen LogP contribution in [0.25, 0.3) is 0 Å². The second-order valence-corrected chi connectivity index (χ2v) is 4.00. The molecular formula is C12H10ClFN2O. The standard InChI is InChI=1S/C12H10ClFN2O/c13-10-2-1-9(14)5-8(10)6-12(17)11-3-4-15-7-16-11/h1-5,7,12,17H,6H2. The number of halogens is 2. The Kier molecular flexibility index (Phi) is 3.66. The molecule has 0 amide bonds. The van der Waals surface area contributed by atoms with E-state index in [0.717, 1.165) is 0 Å². The van der Waals surface area contributed by atoms with Crippen molar-refractivity contribution in [3.63, 3.8) is 0 Å². The lowest BCUT2D eigenvalue weighted by atomic mass is 10.1. The molecule has 1 N–H and O–H groups in total. The van der Waals surface area contributed by atoms with Crippen molar-refractivity contribution in [2.45, 2.75) is 12.5 Å². The van der Waals surface area contributed by atoms with E-state index < -0.39 is 6.10 Å². The van der Waals surface area contributed by atoms with Crippen molar-refractivity contribution >= 4 is 11.6 Å². The normalized spacial score (nSPS) is 12.4. The molecule has 2 aromatic rings. The number of hydrogen-bond acceptors (Lipinski definition) is 3. The molecule has 2 rings (SSSR count). The Morgan fingerprint density at radius 1 is 1.35 bits per heavy atom. The fourth-order valence-electron chi connectivity index (χ4n) is 1.51. The number of rotatable bonds is 3. The van der Waals surface area contributed by atoms with Gasteiger partial charge in [0.15, 0.2) is 0 Å². The van der Waals surface area contributed by atoms with Gasteiger partial charge in [0.1, 0.15) is 18.2 Å². The summed E-state index contributed by atoms with van der Waals surface area (Å²) >= 11 is 5.92. The molecule has 0 saturated carbocycles. The van der Waals surface area contributed by atoms with Crippen LogP contribution in [0.3, 0.4) is 0 Å². The summed E-state index contributed by atoms with van der Waals surface area (Å²) in [6, 6.07) is 5.67. The molecule has 0 saturated heterocycles. The molecule has 1 heterocycles. The van der Waals surface area contributed by atoms with Crippen LogP contribution in [0.15, 0.2) is 36.8 Å². The Hall–Kier alpha value is -1.52. The highest BCUT2D eigenvalue weighted by molar-refractivity contribution is 6.31. The largest absolute Gasteiger partial charge is 0.386 e. The fourth-order valence-corrected chi connectivity index (χ4v) is 1.71. The first kappa shape index (κ1) is 12.0. The minimum atomic E-state index is -0.822. The van der Waals surface area contributed by atoms with E-state index in [-0.39, 0.29) is 12.2 Å². The summed E-state index contributed by atoms with van der Waals surface area (Å²) in [6.45, 7) is 0. The highest BCUT2D eigenvalue weighted by Gasteiger charge is 2.12. The lowest BCUT2D eigenvalue weighted by molar-refractivity contribution is 0.173. The third-order valence-corrected chi connectivity index (χ3v) is 2.74. The first-order valence-corrected chi connectivity index (χ1v) is 5.42. The Morgan fingerprint density at radius 3 is 2.88 bits per heavy atom. The molecule has 1 unspecified atom stereocenters. The molecule has 0 aliphatic carbocycles. The first-order valence-electron chi connectivity index (χ1n) is 5.04. The van der Waals surface area contributed by atoms with Crippen molar-refractivity contribution in [1.82, 2.24) is 9.97 Å². The molecular weight excluding hydrogens is 243 g/mol. The van der Waals surface area contributed by atoms with E-state index in [2.05, 4.69) is 9.97 Å². The Labute approximate surface area is 103 Å². The van der Waals surface area contributed by atoms with Gasteiger partial charge in [-0.25, -0.2) is 14.4 Å². The van der Waals surface area contributed by atoms with Crippen LogP contribution in [0.1, 0.15) is 17.4 Å². The van der Waals surface area contributed by atoms with Gasteiger partial charge in [-0.15, -0.1) is 0 Å². The smallest absolute Gasteiger partial charge is 0.123 e. The van der Waals surface area contributed by atoms with Crippen molar-refractivity contribution in [3.05, 3.63) is 58.9 Å². The van der Waals surface area contributed by atoms with Gasteiger partial charge in [0.25, 0.3) is 0 Å². The molecule has 3 nitrogen and oxygen atoms in total. The summed E-state index contributed by atoms with van der Waals surface area (Å²) in [5, 5.41) is 10.3. The highest BCUT2D eigenvalue weighted by Crippen LogP contribution is 2.23. The molecule has 0 aliphatic heterocycles. The van der Waals surface area contributed by atoms with Crippen LogP contribution in [0.5, 0.6) is 0 Å². The van der Waals surface area contributed by atoms with Crippen molar-refractivity contribution in [2.24, 2.45) is 0 Å². The zero-order chi connectivity index (χ0) is 12.3. The number of aliphatic hydroxyl groups is 1. The summed E-state index contributed by atoms with van der Waals surface area (Å²) in [4.78, 5) is 7.69. The Morgan fingerprint density at radius 2 is 2.18 bits per heavy atom. The highest BCUT2D eigenvalue weighted by atomic mass is 35.5. The third kappa shape index (κ3) is 2.99. The van der Waals surface area contributed by atoms with Crippen molar-refractivity contribution in [3.8, 4) is 0 Å². The lowest BCUT2D eigenvalue weighted by Crippen LogP contribution is -2.05. The number of hydrogen-bond donors (Lipinski definition) is 1. The summed E-state index contributed by atoms with van der Waals surface area (Å²) in [5.74, 6) is -0.376. The van der Waals surface area contributed by atoms with Gasteiger partial charge in [-0.05, 0) is 29.8 Å². The van der Waals surface area contributed by atoms with Crippen LogP contribution < -0.4 is 0 Å². The molecule has 5 heteroatoms. The Balaban J connectivity index is 2.18. The maximum Gasteiger partial charge on any atom is 0.123 e. The van der Waals surface area contributed by atoms with Crippen LogP contribution in [-0.2, 0) is 6.42 Å². The van der Waals surface area contributed by atoms with E-state index in [9.17, 15) is 9.50 Å². The number of aromatic nitrogens is 2. The van der Waals surface area contributed by atoms with E-state index in [4.69, 9.17) is 11.6 Å². The Bertz CT molecular complexity index is 507. The quantitative estimate of drug-likeness (QED) is 0.913. The van der Waals surface area contributed by atoms with Crippen LogP contribution in [0.4, 0.5) is 4.39 Å². The van der Waals surface area contributed by atoms with E-state index in [1.807, 2.05) is 0 Å². The number of nitrogens with zero attached hydrogens (tertiary/aromatic N) is 2. The second-order valence-electron chi connectivity index (χ2n) is 3.59. The van der Waals surface area contributed by atoms with Crippen LogP contribution in [0, 0.1) is 5.82 Å². The number of benzene rings is 1. The van der Waals surface area contributed by atoms with E-state index >= 15 is 0 Å². The van der Waals surface area contributed by atoms with Crippen LogP contribution in [-0.4, -0.2) is 15.1 Å². The first-order chi connectivity index (χ1) is 8.16. The maximum absolute atomic E-state index is 13.0. The summed E-state index contributed by atoms with van der Waals surface area (Å²) in [6.07, 6.45) is 2.29. The molecule has 17 heavy (non-hydrogen) atoms. The van der Waals surface area contributed by atoms with Gasteiger partial charge in [-0.2, -0.15) is 0 Å². The zero-order valence-electron chi connectivity index (χ0n) is 8.85. The molecule has 0 bridgehead atoms. The molecule has 1 aromatic carbocycles. The van der Waals surface area contributed by atoms with Gasteiger partial charge >= 0.3 is 0 Å². The molecule has 1 atom stereocenters. The predicted octanol–water partition coefficient (Wildman–Crippen LogP) is 2.55. The summed E-state index contributed by atoms with van der Waals surface area (Å²) in [7, 11) is 0. The minimum absolute atomic E-state index is 0.216. The van der Waals surface area contributed by atoms with Crippen molar-refractivity contribution in [1.29, 1.82) is 0 Å². The molecule has 0 radical (unpaired) electrons. The van der Waals surface area contributed by atoms with Gasteiger partial charge in [0.2, 0.25) is 0 Å². The van der Waals surface area contributed by atoms with Gasteiger partial charge in [-0.1, -0.05) is 11.6 Å². The molecule has 0 spiro atoms. The van der Waals surface area contributed by atoms with Crippen molar-refractivity contribution in [2.75, 3.05) is 0 Å². The average molecular weight is 253 g/mol. The van der Waals surface area contributed by atoms with E-state index in [1.54, 1.807) is 12.3 Å². The van der Waals surface area contributed by atoms with Gasteiger partial charge < -0.3 is 5.11 Å². The monoisotopic (exact) mass is 252 g/mol. The topological polar surface area (TPSA) is 46.0 Å². The molecule has 1 aromatic heterocycles. The second kappa shape index (κ2) is 5.21.